The van der Waals surface area contributed by atoms with Crippen molar-refractivity contribution in [3.8, 4) is 0 Å². The molecule has 0 aliphatic carbocycles. The summed E-state index contributed by atoms with van der Waals surface area (Å²) >= 11 is 3.47. The van der Waals surface area contributed by atoms with Gasteiger partial charge in [-0.1, -0.05) is 45.8 Å². The van der Waals surface area contributed by atoms with E-state index in [1.807, 2.05) is 55.5 Å². The Morgan fingerprint density at radius 3 is 2.63 bits per heavy atom. The third kappa shape index (κ3) is 5.58. The fourth-order valence-electron chi connectivity index (χ4n) is 2.94. The van der Waals surface area contributed by atoms with Crippen LogP contribution in [0.2, 0.25) is 0 Å². The zero-order valence-electron chi connectivity index (χ0n) is 16.6. The van der Waals surface area contributed by atoms with Gasteiger partial charge in [-0.05, 0) is 36.8 Å². The molecule has 0 amide bonds. The largest absolute Gasteiger partial charge is 0.378 e. The van der Waals surface area contributed by atoms with Gasteiger partial charge in [0.05, 0.1) is 19.8 Å². The zero-order chi connectivity index (χ0) is 20.8. The molecule has 1 N–H and O–H groups in total. The average Bonchev–Trinajstić information content (AvgIpc) is 2.76. The van der Waals surface area contributed by atoms with Gasteiger partial charge in [-0.15, -0.1) is 5.11 Å². The second kappa shape index (κ2) is 9.73. The van der Waals surface area contributed by atoms with E-state index < -0.39 is 0 Å². The van der Waals surface area contributed by atoms with E-state index in [4.69, 9.17) is 4.74 Å². The highest BCUT2D eigenvalue weighted by atomic mass is 79.9. The van der Waals surface area contributed by atoms with E-state index >= 15 is 0 Å². The van der Waals surface area contributed by atoms with Gasteiger partial charge in [0, 0.05) is 23.2 Å². The molecule has 0 atom stereocenters. The fourth-order valence-corrected chi connectivity index (χ4v) is 3.39. The van der Waals surface area contributed by atoms with Crippen LogP contribution in [-0.4, -0.2) is 41.3 Å². The SMILES string of the molecule is Cc1ccc(Nc2nc(N=NCc3cccc(Br)c3)nc(N3CCOCC3)n2)cc1. The van der Waals surface area contributed by atoms with E-state index in [1.165, 1.54) is 5.56 Å². The first-order valence-corrected chi connectivity index (χ1v) is 10.5. The maximum absolute atomic E-state index is 5.44. The summed E-state index contributed by atoms with van der Waals surface area (Å²) in [5.74, 6) is 1.28. The molecule has 1 fully saturated rings. The lowest BCUT2D eigenvalue weighted by Crippen LogP contribution is -2.37. The lowest BCUT2D eigenvalue weighted by atomic mass is 10.2. The molecule has 30 heavy (non-hydrogen) atoms. The summed E-state index contributed by atoms with van der Waals surface area (Å²) in [6.07, 6.45) is 0. The van der Waals surface area contributed by atoms with E-state index in [0.29, 0.717) is 31.7 Å². The third-order valence-electron chi connectivity index (χ3n) is 4.52. The quantitative estimate of drug-likeness (QED) is 0.523. The molecule has 2 aromatic carbocycles. The molecule has 2 heterocycles. The molecule has 1 aromatic heterocycles. The lowest BCUT2D eigenvalue weighted by Gasteiger charge is -2.26. The summed E-state index contributed by atoms with van der Waals surface area (Å²) in [4.78, 5) is 15.6. The molecule has 154 valence electrons. The van der Waals surface area contributed by atoms with Crippen molar-refractivity contribution < 1.29 is 4.74 Å². The second-order valence-corrected chi connectivity index (χ2v) is 7.79. The molecule has 0 radical (unpaired) electrons. The van der Waals surface area contributed by atoms with Gasteiger partial charge in [0.1, 0.15) is 0 Å². The molecule has 0 saturated carbocycles. The van der Waals surface area contributed by atoms with E-state index in [2.05, 4.69) is 51.3 Å². The second-order valence-electron chi connectivity index (χ2n) is 6.88. The van der Waals surface area contributed by atoms with Crippen LogP contribution in [-0.2, 0) is 11.3 Å². The van der Waals surface area contributed by atoms with Crippen molar-refractivity contribution >= 4 is 39.5 Å². The minimum absolute atomic E-state index is 0.274. The Balaban J connectivity index is 1.57. The van der Waals surface area contributed by atoms with Crippen molar-refractivity contribution in [3.05, 3.63) is 64.1 Å². The Hall–Kier alpha value is -2.91. The minimum atomic E-state index is 0.274. The number of morpholine rings is 1. The summed E-state index contributed by atoms with van der Waals surface area (Å²) in [5.41, 5.74) is 3.14. The number of ether oxygens (including phenoxy) is 1. The van der Waals surface area contributed by atoms with Gasteiger partial charge in [-0.2, -0.15) is 20.1 Å². The zero-order valence-corrected chi connectivity index (χ0v) is 18.2. The van der Waals surface area contributed by atoms with Gasteiger partial charge in [0.15, 0.2) is 0 Å². The van der Waals surface area contributed by atoms with Crippen molar-refractivity contribution in [2.75, 3.05) is 36.5 Å². The van der Waals surface area contributed by atoms with Crippen molar-refractivity contribution in [3.63, 3.8) is 0 Å². The third-order valence-corrected chi connectivity index (χ3v) is 5.01. The molecule has 8 nitrogen and oxygen atoms in total. The lowest BCUT2D eigenvalue weighted by molar-refractivity contribution is 0.122. The number of benzene rings is 2. The Morgan fingerprint density at radius 2 is 1.87 bits per heavy atom. The Bertz CT molecular complexity index is 1020. The molecular formula is C21H22BrN7O. The molecule has 0 spiro atoms. The van der Waals surface area contributed by atoms with Crippen LogP contribution in [0.15, 0.2) is 63.2 Å². The summed E-state index contributed by atoms with van der Waals surface area (Å²) < 4.78 is 6.45. The molecule has 4 rings (SSSR count). The normalized spacial score (nSPS) is 14.3. The highest BCUT2D eigenvalue weighted by Crippen LogP contribution is 2.21. The summed E-state index contributed by atoms with van der Waals surface area (Å²) in [6.45, 7) is 5.23. The van der Waals surface area contributed by atoms with Gasteiger partial charge >= 0.3 is 0 Å². The van der Waals surface area contributed by atoms with E-state index in [0.717, 1.165) is 28.8 Å². The number of halogens is 1. The van der Waals surface area contributed by atoms with Crippen molar-refractivity contribution in [1.29, 1.82) is 0 Å². The number of anilines is 3. The average molecular weight is 468 g/mol. The molecule has 0 unspecified atom stereocenters. The summed E-state index contributed by atoms with van der Waals surface area (Å²) in [7, 11) is 0. The number of hydrogen-bond donors (Lipinski definition) is 1. The highest BCUT2D eigenvalue weighted by molar-refractivity contribution is 9.10. The van der Waals surface area contributed by atoms with E-state index in [-0.39, 0.29) is 5.95 Å². The van der Waals surface area contributed by atoms with E-state index in [1.54, 1.807) is 0 Å². The van der Waals surface area contributed by atoms with Crippen LogP contribution in [0.25, 0.3) is 0 Å². The van der Waals surface area contributed by atoms with Gasteiger partial charge in [0.25, 0.3) is 5.95 Å². The Labute approximate surface area is 183 Å². The molecule has 1 aliphatic heterocycles. The van der Waals surface area contributed by atoms with Gasteiger partial charge in [-0.25, -0.2) is 0 Å². The van der Waals surface area contributed by atoms with Crippen molar-refractivity contribution in [2.45, 2.75) is 13.5 Å². The first kappa shape index (κ1) is 20.4. The predicted octanol–water partition coefficient (Wildman–Crippen LogP) is 4.81. The topological polar surface area (TPSA) is 87.9 Å². The molecule has 3 aromatic rings. The fraction of sp³-hybridized carbons (Fsp3) is 0.286. The smallest absolute Gasteiger partial charge is 0.275 e. The number of nitrogens with zero attached hydrogens (tertiary/aromatic N) is 6. The number of aromatic nitrogens is 3. The van der Waals surface area contributed by atoms with Crippen molar-refractivity contribution in [2.24, 2.45) is 10.2 Å². The Kier molecular flexibility index (Phi) is 6.60. The monoisotopic (exact) mass is 467 g/mol. The first-order chi connectivity index (χ1) is 14.7. The number of hydrogen-bond acceptors (Lipinski definition) is 8. The maximum Gasteiger partial charge on any atom is 0.275 e. The number of rotatable bonds is 6. The van der Waals surface area contributed by atoms with Crippen LogP contribution in [0.3, 0.4) is 0 Å². The molecule has 9 heteroatoms. The number of azo groups is 1. The minimum Gasteiger partial charge on any atom is -0.378 e. The van der Waals surface area contributed by atoms with Crippen LogP contribution < -0.4 is 10.2 Å². The van der Waals surface area contributed by atoms with Crippen molar-refractivity contribution in [1.82, 2.24) is 15.0 Å². The molecular weight excluding hydrogens is 446 g/mol. The predicted molar refractivity (Wildman–Crippen MR) is 120 cm³/mol. The van der Waals surface area contributed by atoms with Crippen LogP contribution in [0, 0.1) is 6.92 Å². The van der Waals surface area contributed by atoms with Crippen LogP contribution in [0.4, 0.5) is 23.5 Å². The van der Waals surface area contributed by atoms with Crippen LogP contribution >= 0.6 is 15.9 Å². The summed E-state index contributed by atoms with van der Waals surface area (Å²) in [5, 5.41) is 11.8. The standard InChI is InChI=1S/C21H22BrN7O/c1-15-5-7-18(8-6-15)24-19-25-20(27-21(26-19)29-9-11-30-12-10-29)28-23-14-16-3-2-4-17(22)13-16/h2-8,13H,9-12,14H2,1H3,(H,24,25,26,27). The van der Waals surface area contributed by atoms with Crippen LogP contribution in [0.5, 0.6) is 0 Å². The van der Waals surface area contributed by atoms with Gasteiger partial charge in [0.2, 0.25) is 11.9 Å². The molecule has 0 bridgehead atoms. The van der Waals surface area contributed by atoms with Crippen LogP contribution in [0.1, 0.15) is 11.1 Å². The number of nitrogens with one attached hydrogen (secondary N) is 1. The van der Waals surface area contributed by atoms with E-state index in [9.17, 15) is 0 Å². The maximum atomic E-state index is 5.44. The molecule has 1 saturated heterocycles. The molecule has 1 aliphatic rings. The van der Waals surface area contributed by atoms with Gasteiger partial charge < -0.3 is 15.0 Å². The Morgan fingerprint density at radius 1 is 1.07 bits per heavy atom. The first-order valence-electron chi connectivity index (χ1n) is 9.70. The highest BCUT2D eigenvalue weighted by Gasteiger charge is 2.16. The van der Waals surface area contributed by atoms with Gasteiger partial charge in [-0.3, -0.25) is 0 Å². The number of aryl methyl sites for hydroxylation is 1. The summed E-state index contributed by atoms with van der Waals surface area (Å²) in [6, 6.07) is 16.0.